The predicted molar refractivity (Wildman–Crippen MR) is 63.6 cm³/mol. The van der Waals surface area contributed by atoms with E-state index in [1.54, 1.807) is 7.11 Å². The number of halogens is 1. The van der Waals surface area contributed by atoms with E-state index in [9.17, 15) is 4.79 Å². The number of carbonyl (C=O) groups is 1. The van der Waals surface area contributed by atoms with Crippen LogP contribution in [-0.4, -0.2) is 19.4 Å². The first-order valence-corrected chi connectivity index (χ1v) is 5.39. The van der Waals surface area contributed by atoms with Crippen molar-refractivity contribution in [2.45, 2.75) is 13.8 Å². The number of methoxy groups -OCH3 is 1. The lowest BCUT2D eigenvalue weighted by Crippen LogP contribution is -2.16. The second-order valence-corrected chi connectivity index (χ2v) is 4.15. The zero-order chi connectivity index (χ0) is 11.6. The fourth-order valence-corrected chi connectivity index (χ4v) is 2.08. The van der Waals surface area contributed by atoms with Crippen LogP contribution in [0.15, 0.2) is 10.5 Å². The van der Waals surface area contributed by atoms with Crippen LogP contribution in [0.1, 0.15) is 21.5 Å². The molecule has 0 atom stereocenters. The van der Waals surface area contributed by atoms with Gasteiger partial charge >= 0.3 is 0 Å². The van der Waals surface area contributed by atoms with E-state index in [-0.39, 0.29) is 12.3 Å². The summed E-state index contributed by atoms with van der Waals surface area (Å²) in [4.78, 5) is 11.7. The number of nitrogens with two attached hydrogens (primary N) is 1. The zero-order valence-corrected chi connectivity index (χ0v) is 10.6. The molecule has 0 radical (unpaired) electrons. The maximum Gasteiger partial charge on any atom is 0.181 e. The number of rotatable bonds is 3. The Morgan fingerprint density at radius 2 is 2.07 bits per heavy atom. The minimum Gasteiger partial charge on any atom is -0.496 e. The zero-order valence-electron chi connectivity index (χ0n) is 9.06. The summed E-state index contributed by atoms with van der Waals surface area (Å²) in [5, 5.41) is 0. The highest BCUT2D eigenvalue weighted by molar-refractivity contribution is 9.10. The monoisotopic (exact) mass is 271 g/mol. The molecule has 0 amide bonds. The molecule has 0 unspecified atom stereocenters. The molecule has 0 aromatic heterocycles. The number of hydrogen-bond acceptors (Lipinski definition) is 3. The summed E-state index contributed by atoms with van der Waals surface area (Å²) >= 11 is 3.39. The van der Waals surface area contributed by atoms with E-state index >= 15 is 0 Å². The number of carbonyl (C=O) groups excluding carboxylic acids is 1. The first-order valence-electron chi connectivity index (χ1n) is 4.59. The van der Waals surface area contributed by atoms with E-state index in [2.05, 4.69) is 15.9 Å². The maximum absolute atomic E-state index is 11.7. The molecule has 4 heteroatoms. The van der Waals surface area contributed by atoms with Gasteiger partial charge in [-0.05, 0) is 40.9 Å². The van der Waals surface area contributed by atoms with Gasteiger partial charge < -0.3 is 10.5 Å². The highest BCUT2D eigenvalue weighted by atomic mass is 79.9. The SMILES string of the molecule is COc1c(C)cc(C)c(Br)c1C(=O)CN. The molecule has 82 valence electrons. The molecule has 3 nitrogen and oxygen atoms in total. The average Bonchev–Trinajstić information content (AvgIpc) is 2.21. The Morgan fingerprint density at radius 1 is 1.47 bits per heavy atom. The molecule has 0 saturated heterocycles. The quantitative estimate of drug-likeness (QED) is 0.858. The molecule has 0 spiro atoms. The molecule has 0 saturated carbocycles. The first kappa shape index (κ1) is 12.2. The number of Topliss-reactive ketones (excluding diaryl/α,β-unsaturated/α-hetero) is 1. The van der Waals surface area contributed by atoms with Gasteiger partial charge in [-0.25, -0.2) is 0 Å². The molecule has 1 aromatic carbocycles. The Balaban J connectivity index is 3.50. The van der Waals surface area contributed by atoms with Gasteiger partial charge in [0.15, 0.2) is 5.78 Å². The van der Waals surface area contributed by atoms with Crippen LogP contribution in [0, 0.1) is 13.8 Å². The summed E-state index contributed by atoms with van der Waals surface area (Å²) in [6.07, 6.45) is 0. The summed E-state index contributed by atoms with van der Waals surface area (Å²) < 4.78 is 5.99. The van der Waals surface area contributed by atoms with Crippen molar-refractivity contribution < 1.29 is 9.53 Å². The average molecular weight is 272 g/mol. The number of ketones is 1. The van der Waals surface area contributed by atoms with Crippen LogP contribution in [0.3, 0.4) is 0 Å². The summed E-state index contributed by atoms with van der Waals surface area (Å²) in [6.45, 7) is 3.83. The van der Waals surface area contributed by atoms with Gasteiger partial charge in [-0.1, -0.05) is 6.07 Å². The van der Waals surface area contributed by atoms with Crippen LogP contribution >= 0.6 is 15.9 Å². The predicted octanol–water partition coefficient (Wildman–Crippen LogP) is 2.22. The Bertz CT molecular complexity index is 402. The van der Waals surface area contributed by atoms with Crippen molar-refractivity contribution in [1.82, 2.24) is 0 Å². The molecule has 15 heavy (non-hydrogen) atoms. The lowest BCUT2D eigenvalue weighted by Gasteiger charge is -2.14. The lowest BCUT2D eigenvalue weighted by atomic mass is 10.0. The number of benzene rings is 1. The Hall–Kier alpha value is -0.870. The van der Waals surface area contributed by atoms with Gasteiger partial charge in [0, 0.05) is 4.47 Å². The Labute approximate surface area is 97.7 Å². The summed E-state index contributed by atoms with van der Waals surface area (Å²) in [5.74, 6) is 0.480. The largest absolute Gasteiger partial charge is 0.496 e. The molecule has 2 N–H and O–H groups in total. The Kier molecular flexibility index (Phi) is 3.88. The molecule has 0 bridgehead atoms. The van der Waals surface area contributed by atoms with E-state index in [0.29, 0.717) is 11.3 Å². The van der Waals surface area contributed by atoms with E-state index < -0.39 is 0 Å². The second-order valence-electron chi connectivity index (χ2n) is 3.36. The molecule has 0 aliphatic heterocycles. The van der Waals surface area contributed by atoms with Gasteiger partial charge in [0.05, 0.1) is 19.2 Å². The first-order chi connectivity index (χ1) is 7.02. The van der Waals surface area contributed by atoms with Gasteiger partial charge in [0.1, 0.15) is 5.75 Å². The Morgan fingerprint density at radius 3 is 2.53 bits per heavy atom. The maximum atomic E-state index is 11.7. The second kappa shape index (κ2) is 4.77. The van der Waals surface area contributed by atoms with E-state index in [1.807, 2.05) is 19.9 Å². The fourth-order valence-electron chi connectivity index (χ4n) is 1.56. The van der Waals surface area contributed by atoms with Crippen molar-refractivity contribution in [2.75, 3.05) is 13.7 Å². The van der Waals surface area contributed by atoms with Crippen molar-refractivity contribution in [3.8, 4) is 5.75 Å². The third-order valence-electron chi connectivity index (χ3n) is 2.25. The number of ether oxygens (including phenoxy) is 1. The summed E-state index contributed by atoms with van der Waals surface area (Å²) in [6, 6.07) is 1.97. The van der Waals surface area contributed by atoms with Crippen LogP contribution < -0.4 is 10.5 Å². The van der Waals surface area contributed by atoms with E-state index in [1.165, 1.54) is 0 Å². The smallest absolute Gasteiger partial charge is 0.181 e. The normalized spacial score (nSPS) is 10.2. The molecular weight excluding hydrogens is 258 g/mol. The van der Waals surface area contributed by atoms with Crippen LogP contribution in [0.2, 0.25) is 0 Å². The minimum absolute atomic E-state index is 0.0160. The van der Waals surface area contributed by atoms with Crippen molar-refractivity contribution in [2.24, 2.45) is 5.73 Å². The van der Waals surface area contributed by atoms with Gasteiger partial charge in [-0.2, -0.15) is 0 Å². The summed E-state index contributed by atoms with van der Waals surface area (Å²) in [7, 11) is 1.55. The van der Waals surface area contributed by atoms with Crippen LogP contribution in [-0.2, 0) is 0 Å². The van der Waals surface area contributed by atoms with Crippen LogP contribution in [0.5, 0.6) is 5.75 Å². The van der Waals surface area contributed by atoms with Crippen molar-refractivity contribution in [3.63, 3.8) is 0 Å². The standard InChI is InChI=1S/C11H14BrNO2/c1-6-4-7(2)11(15-3)9(10(6)12)8(14)5-13/h4H,5,13H2,1-3H3. The molecule has 0 heterocycles. The van der Waals surface area contributed by atoms with E-state index in [0.717, 1.165) is 15.6 Å². The van der Waals surface area contributed by atoms with Crippen molar-refractivity contribution >= 4 is 21.7 Å². The van der Waals surface area contributed by atoms with Gasteiger partial charge in [0.2, 0.25) is 0 Å². The molecule has 0 aliphatic rings. The lowest BCUT2D eigenvalue weighted by molar-refractivity contribution is 0.0997. The molecular formula is C11H14BrNO2. The van der Waals surface area contributed by atoms with Crippen LogP contribution in [0.25, 0.3) is 0 Å². The molecule has 0 fully saturated rings. The van der Waals surface area contributed by atoms with E-state index in [4.69, 9.17) is 10.5 Å². The topological polar surface area (TPSA) is 52.3 Å². The highest BCUT2D eigenvalue weighted by Gasteiger charge is 2.18. The number of hydrogen-bond donors (Lipinski definition) is 1. The third-order valence-corrected chi connectivity index (χ3v) is 3.27. The molecule has 0 aliphatic carbocycles. The van der Waals surface area contributed by atoms with Crippen molar-refractivity contribution in [3.05, 3.63) is 27.2 Å². The fraction of sp³-hybridized carbons (Fsp3) is 0.364. The molecule has 1 rings (SSSR count). The van der Waals surface area contributed by atoms with Crippen molar-refractivity contribution in [1.29, 1.82) is 0 Å². The summed E-state index contributed by atoms with van der Waals surface area (Å²) in [5.41, 5.74) is 7.85. The van der Waals surface area contributed by atoms with Gasteiger partial charge in [-0.3, -0.25) is 4.79 Å². The molecule has 1 aromatic rings. The number of aryl methyl sites for hydroxylation is 2. The third kappa shape index (κ3) is 2.21. The highest BCUT2D eigenvalue weighted by Crippen LogP contribution is 2.33. The van der Waals surface area contributed by atoms with Gasteiger partial charge in [-0.15, -0.1) is 0 Å². The van der Waals surface area contributed by atoms with Crippen LogP contribution in [0.4, 0.5) is 0 Å². The van der Waals surface area contributed by atoms with Gasteiger partial charge in [0.25, 0.3) is 0 Å². The minimum atomic E-state index is -0.120.